The summed E-state index contributed by atoms with van der Waals surface area (Å²) in [7, 11) is 0. The Balaban J connectivity index is 1.16. The molecule has 0 aliphatic heterocycles. The Bertz CT molecular complexity index is 1410. The van der Waals surface area contributed by atoms with Gasteiger partial charge in [-0.15, -0.1) is 11.8 Å². The summed E-state index contributed by atoms with van der Waals surface area (Å²) >= 11 is 1.38. The van der Waals surface area contributed by atoms with Crippen molar-refractivity contribution in [3.05, 3.63) is 97.0 Å². The second-order valence-electron chi connectivity index (χ2n) is 7.36. The molecule has 2 N–H and O–H groups in total. The summed E-state index contributed by atoms with van der Waals surface area (Å²) in [6, 6.07) is 25.5. The maximum absolute atomic E-state index is 12.4. The van der Waals surface area contributed by atoms with E-state index in [0.717, 1.165) is 21.6 Å². The summed E-state index contributed by atoms with van der Waals surface area (Å²) in [5.74, 6) is 0.534. The molecule has 168 valence electrons. The van der Waals surface area contributed by atoms with Crippen LogP contribution in [-0.2, 0) is 4.79 Å². The van der Waals surface area contributed by atoms with Crippen molar-refractivity contribution in [2.75, 3.05) is 16.4 Å². The third kappa shape index (κ3) is 5.02. The highest BCUT2D eigenvalue weighted by Crippen LogP contribution is 2.26. The fourth-order valence-electron chi connectivity index (χ4n) is 3.30. The maximum Gasteiger partial charge on any atom is 0.291 e. The average molecular weight is 470 g/mol. The van der Waals surface area contributed by atoms with E-state index < -0.39 is 0 Å². The van der Waals surface area contributed by atoms with Crippen LogP contribution in [0.15, 0.2) is 105 Å². The Morgan fingerprint density at radius 2 is 1.71 bits per heavy atom. The highest BCUT2D eigenvalue weighted by atomic mass is 32.2. The van der Waals surface area contributed by atoms with Crippen molar-refractivity contribution in [3.63, 3.8) is 0 Å². The molecule has 2 aromatic heterocycles. The number of rotatable bonds is 7. The lowest BCUT2D eigenvalue weighted by Gasteiger charge is -2.08. The molecule has 0 fully saturated rings. The summed E-state index contributed by atoms with van der Waals surface area (Å²) in [5.41, 5.74) is 3.68. The number of para-hydroxylation sites is 2. The van der Waals surface area contributed by atoms with E-state index in [-0.39, 0.29) is 23.3 Å². The number of fused-ring (bicyclic) bond motifs is 1. The number of nitrogens with one attached hydrogen (secondary N) is 2. The van der Waals surface area contributed by atoms with Crippen LogP contribution in [0.5, 0.6) is 0 Å². The highest BCUT2D eigenvalue weighted by Gasteiger charge is 2.11. The zero-order valence-corrected chi connectivity index (χ0v) is 18.7. The Hall–Kier alpha value is -4.30. The molecule has 0 atom stereocenters. The van der Waals surface area contributed by atoms with E-state index in [4.69, 9.17) is 8.83 Å². The summed E-state index contributed by atoms with van der Waals surface area (Å²) in [5, 5.41) is 5.67. The van der Waals surface area contributed by atoms with E-state index in [1.54, 1.807) is 18.2 Å². The number of oxazole rings is 1. The van der Waals surface area contributed by atoms with E-state index in [9.17, 15) is 9.59 Å². The first-order chi connectivity index (χ1) is 16.6. The first-order valence-electron chi connectivity index (χ1n) is 10.5. The molecule has 0 aliphatic rings. The number of aromatic nitrogens is 1. The van der Waals surface area contributed by atoms with Gasteiger partial charge in [-0.1, -0.05) is 18.2 Å². The molecule has 0 aliphatic carbocycles. The Morgan fingerprint density at radius 3 is 2.50 bits per heavy atom. The lowest BCUT2D eigenvalue weighted by molar-refractivity contribution is -0.113. The number of anilines is 2. The van der Waals surface area contributed by atoms with Crippen molar-refractivity contribution in [3.8, 4) is 11.5 Å². The van der Waals surface area contributed by atoms with Gasteiger partial charge in [0.15, 0.2) is 11.3 Å². The van der Waals surface area contributed by atoms with Crippen molar-refractivity contribution in [2.24, 2.45) is 0 Å². The standard InChI is InChI=1S/C26H19N3O4S/c30-24(16-34-20-6-3-5-19(15-20)28-25(31)23-9-4-14-32-23)27-18-12-10-17(11-13-18)26-29-21-7-1-2-8-22(21)33-26/h1-15H,16H2,(H,27,30)(H,28,31). The Kier molecular flexibility index (Phi) is 6.13. The van der Waals surface area contributed by atoms with Crippen LogP contribution in [0.4, 0.5) is 11.4 Å². The van der Waals surface area contributed by atoms with Crippen LogP contribution in [0.2, 0.25) is 0 Å². The molecule has 7 nitrogen and oxygen atoms in total. The van der Waals surface area contributed by atoms with Crippen molar-refractivity contribution >= 4 is 46.1 Å². The predicted octanol–water partition coefficient (Wildman–Crippen LogP) is 6.07. The zero-order valence-electron chi connectivity index (χ0n) is 17.9. The van der Waals surface area contributed by atoms with Crippen LogP contribution in [-0.4, -0.2) is 22.6 Å². The fraction of sp³-hybridized carbons (Fsp3) is 0.0385. The number of carbonyl (C=O) groups excluding carboxylic acids is 2. The molecule has 34 heavy (non-hydrogen) atoms. The summed E-state index contributed by atoms with van der Waals surface area (Å²) in [4.78, 5) is 29.9. The molecule has 5 aromatic rings. The minimum atomic E-state index is -0.328. The van der Waals surface area contributed by atoms with E-state index in [1.807, 2.05) is 66.7 Å². The molecule has 0 bridgehead atoms. The predicted molar refractivity (Wildman–Crippen MR) is 132 cm³/mol. The molecule has 3 aromatic carbocycles. The minimum absolute atomic E-state index is 0.135. The van der Waals surface area contributed by atoms with Gasteiger partial charge in [-0.25, -0.2) is 4.98 Å². The van der Waals surface area contributed by atoms with Gasteiger partial charge in [0, 0.05) is 21.8 Å². The van der Waals surface area contributed by atoms with Crippen LogP contribution in [0.25, 0.3) is 22.6 Å². The van der Waals surface area contributed by atoms with Gasteiger partial charge in [0.25, 0.3) is 5.91 Å². The van der Waals surface area contributed by atoms with Crippen LogP contribution < -0.4 is 10.6 Å². The summed E-state index contributed by atoms with van der Waals surface area (Å²) < 4.78 is 10.9. The lowest BCUT2D eigenvalue weighted by Crippen LogP contribution is -2.14. The molecule has 0 saturated heterocycles. The SMILES string of the molecule is O=C(CSc1cccc(NC(=O)c2ccco2)c1)Nc1ccc(-c2nc3ccccc3o2)cc1. The van der Waals surface area contributed by atoms with Gasteiger partial charge >= 0.3 is 0 Å². The van der Waals surface area contributed by atoms with Gasteiger partial charge < -0.3 is 19.5 Å². The number of amides is 2. The molecule has 0 unspecified atom stereocenters. The van der Waals surface area contributed by atoms with Gasteiger partial charge in [-0.05, 0) is 66.7 Å². The molecule has 2 heterocycles. The minimum Gasteiger partial charge on any atom is -0.459 e. The number of hydrogen-bond donors (Lipinski definition) is 2. The van der Waals surface area contributed by atoms with E-state index in [1.165, 1.54) is 18.0 Å². The van der Waals surface area contributed by atoms with Gasteiger partial charge in [-0.2, -0.15) is 0 Å². The highest BCUT2D eigenvalue weighted by molar-refractivity contribution is 8.00. The molecular formula is C26H19N3O4S. The van der Waals surface area contributed by atoms with Gasteiger partial charge in [0.05, 0.1) is 12.0 Å². The third-order valence-electron chi connectivity index (χ3n) is 4.92. The molecule has 0 radical (unpaired) electrons. The number of nitrogens with zero attached hydrogens (tertiary/aromatic N) is 1. The quantitative estimate of drug-likeness (QED) is 0.281. The van der Waals surface area contributed by atoms with Crippen molar-refractivity contribution in [2.45, 2.75) is 4.90 Å². The van der Waals surface area contributed by atoms with E-state index in [2.05, 4.69) is 15.6 Å². The van der Waals surface area contributed by atoms with Crippen molar-refractivity contribution in [1.29, 1.82) is 0 Å². The Labute approximate surface area is 199 Å². The normalized spacial score (nSPS) is 10.8. The van der Waals surface area contributed by atoms with E-state index >= 15 is 0 Å². The summed E-state index contributed by atoms with van der Waals surface area (Å²) in [6.07, 6.45) is 1.45. The molecule has 5 rings (SSSR count). The van der Waals surface area contributed by atoms with Crippen LogP contribution in [0.3, 0.4) is 0 Å². The smallest absolute Gasteiger partial charge is 0.291 e. The molecule has 2 amide bonds. The number of thioether (sulfide) groups is 1. The number of benzene rings is 3. The topological polar surface area (TPSA) is 97.4 Å². The monoisotopic (exact) mass is 469 g/mol. The Morgan fingerprint density at radius 1 is 0.853 bits per heavy atom. The lowest BCUT2D eigenvalue weighted by atomic mass is 10.2. The second kappa shape index (κ2) is 9.68. The molecule has 0 spiro atoms. The molecule has 8 heteroatoms. The van der Waals surface area contributed by atoms with Gasteiger partial charge in [0.1, 0.15) is 5.52 Å². The van der Waals surface area contributed by atoms with E-state index in [0.29, 0.717) is 17.3 Å². The van der Waals surface area contributed by atoms with Crippen molar-refractivity contribution < 1.29 is 18.4 Å². The van der Waals surface area contributed by atoms with Gasteiger partial charge in [-0.3, -0.25) is 9.59 Å². The van der Waals surface area contributed by atoms with Crippen LogP contribution in [0, 0.1) is 0 Å². The number of furan rings is 1. The molecule has 0 saturated carbocycles. The summed E-state index contributed by atoms with van der Waals surface area (Å²) in [6.45, 7) is 0. The van der Waals surface area contributed by atoms with Crippen molar-refractivity contribution in [1.82, 2.24) is 4.98 Å². The van der Waals surface area contributed by atoms with Crippen LogP contribution in [0.1, 0.15) is 10.6 Å². The molecular weight excluding hydrogens is 450 g/mol. The number of hydrogen-bond acceptors (Lipinski definition) is 6. The fourth-order valence-corrected chi connectivity index (χ4v) is 4.06. The maximum atomic E-state index is 12.4. The third-order valence-corrected chi connectivity index (χ3v) is 5.91. The largest absolute Gasteiger partial charge is 0.459 e. The zero-order chi connectivity index (χ0) is 23.3. The first-order valence-corrected chi connectivity index (χ1v) is 11.5. The van der Waals surface area contributed by atoms with Crippen LogP contribution >= 0.6 is 11.8 Å². The first kappa shape index (κ1) is 21.5. The average Bonchev–Trinajstić information content (AvgIpc) is 3.54. The number of carbonyl (C=O) groups is 2. The van der Waals surface area contributed by atoms with Gasteiger partial charge in [0.2, 0.25) is 11.8 Å². The second-order valence-corrected chi connectivity index (χ2v) is 8.41.